The molecular weight excluding hydrogens is 194 g/mol. The second-order valence-electron chi connectivity index (χ2n) is 4.46. The Kier molecular flexibility index (Phi) is 3.72. The number of carbonyl (C=O) groups excluding carboxylic acids is 1. The number of morpholine rings is 1. The van der Waals surface area contributed by atoms with Gasteiger partial charge in [-0.15, -0.1) is 0 Å². The van der Waals surface area contributed by atoms with Gasteiger partial charge in [-0.25, -0.2) is 0 Å². The molecule has 2 unspecified atom stereocenters. The van der Waals surface area contributed by atoms with Crippen LogP contribution in [0.15, 0.2) is 0 Å². The molecule has 0 aromatic rings. The van der Waals surface area contributed by atoms with Gasteiger partial charge in [-0.3, -0.25) is 9.69 Å². The third kappa shape index (κ3) is 2.56. The molecule has 86 valence electrons. The lowest BCUT2D eigenvalue weighted by Gasteiger charge is -2.35. The molecule has 4 nitrogen and oxygen atoms in total. The fourth-order valence-corrected chi connectivity index (χ4v) is 2.46. The number of rotatable bonds is 3. The van der Waals surface area contributed by atoms with Gasteiger partial charge in [-0.05, 0) is 12.8 Å². The van der Waals surface area contributed by atoms with E-state index in [0.717, 1.165) is 39.0 Å². The highest BCUT2D eigenvalue weighted by molar-refractivity contribution is 5.83. The van der Waals surface area contributed by atoms with E-state index in [4.69, 9.17) is 4.74 Å². The average Bonchev–Trinajstić information content (AvgIpc) is 2.65. The first kappa shape index (κ1) is 11.0. The van der Waals surface area contributed by atoms with E-state index < -0.39 is 0 Å². The van der Waals surface area contributed by atoms with Crippen LogP contribution in [0.2, 0.25) is 0 Å². The van der Waals surface area contributed by atoms with Gasteiger partial charge in [0.25, 0.3) is 0 Å². The van der Waals surface area contributed by atoms with Crippen molar-refractivity contribution in [2.75, 3.05) is 32.9 Å². The van der Waals surface area contributed by atoms with E-state index in [1.54, 1.807) is 0 Å². The van der Waals surface area contributed by atoms with Crippen molar-refractivity contribution in [3.63, 3.8) is 0 Å². The molecule has 0 aromatic carbocycles. The molecule has 0 amide bonds. The van der Waals surface area contributed by atoms with E-state index in [0.29, 0.717) is 12.4 Å². The Hall–Kier alpha value is -0.450. The highest BCUT2D eigenvalue weighted by Gasteiger charge is 2.30. The Labute approximate surface area is 90.2 Å². The molecule has 0 radical (unpaired) electrons. The van der Waals surface area contributed by atoms with Crippen molar-refractivity contribution in [2.45, 2.75) is 25.3 Å². The maximum atomic E-state index is 11.5. The quantitative estimate of drug-likeness (QED) is 0.719. The van der Waals surface area contributed by atoms with Gasteiger partial charge < -0.3 is 9.84 Å². The summed E-state index contributed by atoms with van der Waals surface area (Å²) < 4.78 is 5.31. The maximum absolute atomic E-state index is 11.5. The molecule has 15 heavy (non-hydrogen) atoms. The third-order valence-corrected chi connectivity index (χ3v) is 3.45. The van der Waals surface area contributed by atoms with Gasteiger partial charge in [0, 0.05) is 25.4 Å². The lowest BCUT2D eigenvalue weighted by atomic mass is 10.1. The lowest BCUT2D eigenvalue weighted by molar-refractivity contribution is -0.122. The molecule has 0 bridgehead atoms. The number of aliphatic hydroxyl groups is 1. The summed E-state index contributed by atoms with van der Waals surface area (Å²) in [5, 5.41) is 9.19. The minimum absolute atomic E-state index is 0.0900. The van der Waals surface area contributed by atoms with Gasteiger partial charge in [0.1, 0.15) is 5.78 Å². The molecule has 1 aliphatic carbocycles. The number of aliphatic hydroxyl groups excluding tert-OH is 1. The van der Waals surface area contributed by atoms with E-state index >= 15 is 0 Å². The standard InChI is InChI=1S/C11H19NO3/c13-7-10-8-15-5-4-12(10)6-9-2-1-3-11(9)14/h9-10,13H,1-8H2. The average molecular weight is 213 g/mol. The van der Waals surface area contributed by atoms with Crippen molar-refractivity contribution in [3.8, 4) is 0 Å². The molecule has 2 fully saturated rings. The van der Waals surface area contributed by atoms with E-state index in [2.05, 4.69) is 4.90 Å². The van der Waals surface area contributed by atoms with Gasteiger partial charge in [0.15, 0.2) is 0 Å². The molecule has 4 heteroatoms. The molecule has 0 aromatic heterocycles. The Morgan fingerprint density at radius 1 is 1.53 bits per heavy atom. The molecule has 1 saturated heterocycles. The van der Waals surface area contributed by atoms with Crippen molar-refractivity contribution in [1.29, 1.82) is 0 Å². The summed E-state index contributed by atoms with van der Waals surface area (Å²) in [6, 6.07) is 0.0900. The van der Waals surface area contributed by atoms with E-state index in [-0.39, 0.29) is 18.6 Å². The number of hydrogen-bond donors (Lipinski definition) is 1. The Morgan fingerprint density at radius 3 is 3.07 bits per heavy atom. The second-order valence-corrected chi connectivity index (χ2v) is 4.46. The minimum atomic E-state index is 0.0900. The molecular formula is C11H19NO3. The molecule has 1 saturated carbocycles. The highest BCUT2D eigenvalue weighted by atomic mass is 16.5. The normalized spacial score (nSPS) is 33.5. The first-order valence-electron chi connectivity index (χ1n) is 5.76. The number of nitrogens with zero attached hydrogens (tertiary/aromatic N) is 1. The molecule has 1 aliphatic heterocycles. The predicted octanol–water partition coefficient (Wildman–Crippen LogP) is 0.0487. The summed E-state index contributed by atoms with van der Waals surface area (Å²) in [5.41, 5.74) is 0. The van der Waals surface area contributed by atoms with Crippen LogP contribution in [0.1, 0.15) is 19.3 Å². The summed E-state index contributed by atoms with van der Waals surface area (Å²) >= 11 is 0. The second kappa shape index (κ2) is 5.05. The zero-order valence-electron chi connectivity index (χ0n) is 9.02. The largest absolute Gasteiger partial charge is 0.395 e. The number of hydrogen-bond acceptors (Lipinski definition) is 4. The summed E-state index contributed by atoms with van der Waals surface area (Å²) in [4.78, 5) is 13.7. The molecule has 2 rings (SSSR count). The van der Waals surface area contributed by atoms with Crippen molar-refractivity contribution < 1.29 is 14.6 Å². The van der Waals surface area contributed by atoms with Gasteiger partial charge in [0.2, 0.25) is 0 Å². The summed E-state index contributed by atoms with van der Waals surface area (Å²) in [6.45, 7) is 3.10. The summed E-state index contributed by atoms with van der Waals surface area (Å²) in [7, 11) is 0. The van der Waals surface area contributed by atoms with Crippen molar-refractivity contribution in [2.24, 2.45) is 5.92 Å². The molecule has 2 atom stereocenters. The fraction of sp³-hybridized carbons (Fsp3) is 0.909. The Morgan fingerprint density at radius 2 is 2.40 bits per heavy atom. The zero-order valence-corrected chi connectivity index (χ0v) is 9.02. The van der Waals surface area contributed by atoms with Crippen LogP contribution in [0.5, 0.6) is 0 Å². The topological polar surface area (TPSA) is 49.8 Å². The van der Waals surface area contributed by atoms with E-state index in [9.17, 15) is 9.90 Å². The van der Waals surface area contributed by atoms with Crippen molar-refractivity contribution in [1.82, 2.24) is 4.90 Å². The minimum Gasteiger partial charge on any atom is -0.395 e. The number of Topliss-reactive ketones (excluding diaryl/α,β-unsaturated/α-hetero) is 1. The van der Waals surface area contributed by atoms with Crippen LogP contribution in [0.3, 0.4) is 0 Å². The highest BCUT2D eigenvalue weighted by Crippen LogP contribution is 2.23. The van der Waals surface area contributed by atoms with Crippen LogP contribution >= 0.6 is 0 Å². The van der Waals surface area contributed by atoms with Gasteiger partial charge in [-0.2, -0.15) is 0 Å². The smallest absolute Gasteiger partial charge is 0.137 e. The number of ketones is 1. The van der Waals surface area contributed by atoms with Crippen molar-refractivity contribution in [3.05, 3.63) is 0 Å². The van der Waals surface area contributed by atoms with Gasteiger partial charge in [-0.1, -0.05) is 0 Å². The van der Waals surface area contributed by atoms with Crippen LogP contribution in [0.4, 0.5) is 0 Å². The van der Waals surface area contributed by atoms with E-state index in [1.807, 2.05) is 0 Å². The van der Waals surface area contributed by atoms with Crippen molar-refractivity contribution >= 4 is 5.78 Å². The first-order chi connectivity index (χ1) is 7.31. The molecule has 0 spiro atoms. The molecule has 1 heterocycles. The summed E-state index contributed by atoms with van der Waals surface area (Å²) in [6.07, 6.45) is 2.81. The lowest BCUT2D eigenvalue weighted by Crippen LogP contribution is -2.49. The third-order valence-electron chi connectivity index (χ3n) is 3.45. The van der Waals surface area contributed by atoms with Gasteiger partial charge in [0.05, 0.1) is 25.9 Å². The van der Waals surface area contributed by atoms with Crippen LogP contribution in [0, 0.1) is 5.92 Å². The fourth-order valence-electron chi connectivity index (χ4n) is 2.46. The van der Waals surface area contributed by atoms with Gasteiger partial charge >= 0.3 is 0 Å². The first-order valence-corrected chi connectivity index (χ1v) is 5.76. The Bertz CT molecular complexity index is 232. The maximum Gasteiger partial charge on any atom is 0.137 e. The predicted molar refractivity (Wildman–Crippen MR) is 55.6 cm³/mol. The van der Waals surface area contributed by atoms with Crippen LogP contribution in [-0.2, 0) is 9.53 Å². The number of ether oxygens (including phenoxy) is 1. The monoisotopic (exact) mass is 213 g/mol. The van der Waals surface area contributed by atoms with Crippen LogP contribution in [-0.4, -0.2) is 54.7 Å². The summed E-state index contributed by atoms with van der Waals surface area (Å²) in [5.74, 6) is 0.607. The molecule has 1 N–H and O–H groups in total. The SMILES string of the molecule is O=C1CCCC1CN1CCOCC1CO. The van der Waals surface area contributed by atoms with E-state index in [1.165, 1.54) is 0 Å². The number of carbonyl (C=O) groups is 1. The van der Waals surface area contributed by atoms with Crippen LogP contribution < -0.4 is 0 Å². The Balaban J connectivity index is 1.88. The zero-order chi connectivity index (χ0) is 10.7. The van der Waals surface area contributed by atoms with Crippen LogP contribution in [0.25, 0.3) is 0 Å². The molecule has 2 aliphatic rings.